The second-order valence-electron chi connectivity index (χ2n) is 11.3. The lowest BCUT2D eigenvalue weighted by molar-refractivity contribution is -0.117. The second-order valence-corrected chi connectivity index (χ2v) is 11.7. The third-order valence-electron chi connectivity index (χ3n) is 8.09. The molecule has 6 rings (SSSR count). The van der Waals surface area contributed by atoms with Crippen LogP contribution in [-0.4, -0.2) is 51.3 Å². The number of nitrogens with one attached hydrogen (secondary N) is 4. The molecule has 6 bridgehead atoms. The number of carbonyl (C=O) groups is 2. The fourth-order valence-electron chi connectivity index (χ4n) is 5.69. The van der Waals surface area contributed by atoms with Gasteiger partial charge in [0.1, 0.15) is 16.4 Å². The van der Waals surface area contributed by atoms with E-state index in [9.17, 15) is 9.59 Å². The van der Waals surface area contributed by atoms with Crippen LogP contribution in [0.25, 0.3) is 0 Å². The quantitative estimate of drug-likeness (QED) is 0.282. The Bertz CT molecular complexity index is 1570. The summed E-state index contributed by atoms with van der Waals surface area (Å²) in [4.78, 5) is 41.0. The fraction of sp³-hybridized carbons (Fsp3) is 0.400. The number of aromatic nitrogens is 3. The number of carbonyl (C=O) groups excluding carboxylic acids is 2. The Labute approximate surface area is 254 Å². The van der Waals surface area contributed by atoms with E-state index in [-0.39, 0.29) is 23.8 Å². The number of benzene rings is 1. The van der Waals surface area contributed by atoms with Crippen LogP contribution in [0.2, 0.25) is 5.02 Å². The van der Waals surface area contributed by atoms with Crippen molar-refractivity contribution in [3.05, 3.63) is 58.3 Å². The molecule has 224 valence electrons. The smallest absolute Gasteiger partial charge is 0.321 e. The zero-order valence-electron chi connectivity index (χ0n) is 24.1. The number of aliphatic imine (C=N–C) groups is 1. The van der Waals surface area contributed by atoms with Crippen molar-refractivity contribution < 1.29 is 14.1 Å². The van der Waals surface area contributed by atoms with Gasteiger partial charge in [0, 0.05) is 54.9 Å². The molecule has 1 unspecified atom stereocenters. The van der Waals surface area contributed by atoms with Gasteiger partial charge in [-0.15, -0.1) is 0 Å². The first-order valence-electron chi connectivity index (χ1n) is 14.5. The maximum absolute atomic E-state index is 13.2. The summed E-state index contributed by atoms with van der Waals surface area (Å²) in [5.74, 6) is 1.92. The number of halogens is 1. The summed E-state index contributed by atoms with van der Waals surface area (Å²) in [7, 11) is 0. The number of likely N-dealkylation sites (tertiary alicyclic amines) is 1. The Morgan fingerprint density at radius 1 is 1.14 bits per heavy atom. The summed E-state index contributed by atoms with van der Waals surface area (Å²) in [6, 6.07) is 5.69. The number of nitrogens with zero attached hydrogens (tertiary/aromatic N) is 5. The summed E-state index contributed by atoms with van der Waals surface area (Å²) < 4.78 is 5.14. The van der Waals surface area contributed by atoms with Gasteiger partial charge in [-0.1, -0.05) is 16.8 Å². The molecular formula is C30H34ClN9O3. The predicted octanol–water partition coefficient (Wildman–Crippen LogP) is 6.04. The number of rotatable bonds is 4. The zero-order chi connectivity index (χ0) is 29.9. The standard InChI is InChI=1S/C30H34ClN9O3/c1-17-27(18(2)43-39-17)37-30(42)40-9-7-19(8-10-40)12-26(41)36-25-6-5-22-13-21(25)4-3-20-11-23(15-32-14-20)35-29-33-16-24(31)28(34-22)38-29/h5-6,13-16,19-20H,3-4,7-12H2,1-2H3,(H,36,41)(H,37,42)(H2,33,34,35,38). The van der Waals surface area contributed by atoms with Gasteiger partial charge in [-0.05, 0) is 75.6 Å². The van der Waals surface area contributed by atoms with Crippen LogP contribution in [0, 0.1) is 25.7 Å². The van der Waals surface area contributed by atoms with Crippen molar-refractivity contribution >= 4 is 58.6 Å². The van der Waals surface area contributed by atoms with Gasteiger partial charge < -0.3 is 30.7 Å². The highest BCUT2D eigenvalue weighted by Crippen LogP contribution is 2.31. The third-order valence-corrected chi connectivity index (χ3v) is 8.37. The molecular weight excluding hydrogens is 570 g/mol. The summed E-state index contributed by atoms with van der Waals surface area (Å²) in [6.45, 7) is 4.73. The lowest BCUT2D eigenvalue weighted by atomic mass is 9.92. The Morgan fingerprint density at radius 3 is 2.77 bits per heavy atom. The Balaban J connectivity index is 1.10. The molecule has 3 aromatic rings. The van der Waals surface area contributed by atoms with Gasteiger partial charge in [0.2, 0.25) is 11.9 Å². The van der Waals surface area contributed by atoms with Crippen LogP contribution >= 0.6 is 11.6 Å². The van der Waals surface area contributed by atoms with Crippen LogP contribution in [0.15, 0.2) is 45.8 Å². The number of hydrogen-bond acceptors (Lipinski definition) is 9. The molecule has 12 nitrogen and oxygen atoms in total. The number of fused-ring (bicyclic) bond motifs is 6. The van der Waals surface area contributed by atoms with E-state index >= 15 is 0 Å². The highest BCUT2D eigenvalue weighted by Gasteiger charge is 2.26. The number of piperidine rings is 1. The highest BCUT2D eigenvalue weighted by atomic mass is 35.5. The molecule has 0 radical (unpaired) electrons. The van der Waals surface area contributed by atoms with Crippen LogP contribution < -0.4 is 21.3 Å². The molecule has 2 aromatic heterocycles. The molecule has 1 saturated heterocycles. The van der Waals surface area contributed by atoms with Gasteiger partial charge in [0.15, 0.2) is 11.6 Å². The van der Waals surface area contributed by atoms with E-state index < -0.39 is 0 Å². The maximum atomic E-state index is 13.2. The number of anilines is 5. The van der Waals surface area contributed by atoms with Crippen LogP contribution in [0.4, 0.5) is 33.6 Å². The number of amides is 3. The molecule has 3 aliphatic heterocycles. The summed E-state index contributed by atoms with van der Waals surface area (Å²) in [5.41, 5.74) is 4.83. The topological polar surface area (TPSA) is 150 Å². The lowest BCUT2D eigenvalue weighted by Crippen LogP contribution is -2.41. The lowest BCUT2D eigenvalue weighted by Gasteiger charge is -2.31. The molecule has 4 N–H and O–H groups in total. The van der Waals surface area contributed by atoms with Crippen molar-refractivity contribution in [3.8, 4) is 0 Å². The fourth-order valence-corrected chi connectivity index (χ4v) is 5.83. The molecule has 1 atom stereocenters. The van der Waals surface area contributed by atoms with Gasteiger partial charge in [0.25, 0.3) is 0 Å². The SMILES string of the molecule is Cc1noc(C)c1NC(=O)N1CCC(CC(=O)Nc2ccc3cc2CCC2C=NC=C(C2)Nc2ncc(Cl)c(n2)N3)CC1. The molecule has 0 saturated carbocycles. The summed E-state index contributed by atoms with van der Waals surface area (Å²) >= 11 is 6.39. The van der Waals surface area contributed by atoms with Crippen molar-refractivity contribution in [3.63, 3.8) is 0 Å². The van der Waals surface area contributed by atoms with E-state index in [4.69, 9.17) is 16.1 Å². The van der Waals surface area contributed by atoms with Gasteiger partial charge in [0.05, 0.1) is 6.20 Å². The number of aryl methyl sites for hydroxylation is 3. The largest absolute Gasteiger partial charge is 0.359 e. The molecule has 0 aliphatic carbocycles. The molecule has 1 fully saturated rings. The monoisotopic (exact) mass is 603 g/mol. The second kappa shape index (κ2) is 12.4. The Morgan fingerprint density at radius 2 is 1.98 bits per heavy atom. The van der Waals surface area contributed by atoms with E-state index in [2.05, 4.69) is 41.4 Å². The first-order chi connectivity index (χ1) is 20.8. The maximum Gasteiger partial charge on any atom is 0.321 e. The highest BCUT2D eigenvalue weighted by molar-refractivity contribution is 6.32. The van der Waals surface area contributed by atoms with Crippen molar-refractivity contribution in [2.75, 3.05) is 34.4 Å². The number of urea groups is 1. The van der Waals surface area contributed by atoms with Crippen LogP contribution in [0.5, 0.6) is 0 Å². The first-order valence-corrected chi connectivity index (χ1v) is 14.9. The minimum atomic E-state index is -0.174. The van der Waals surface area contributed by atoms with E-state index in [1.165, 1.54) is 0 Å². The minimum Gasteiger partial charge on any atom is -0.359 e. The Hall–Kier alpha value is -4.45. The van der Waals surface area contributed by atoms with E-state index in [0.717, 1.165) is 54.7 Å². The van der Waals surface area contributed by atoms with Gasteiger partial charge in [-0.2, -0.15) is 4.98 Å². The van der Waals surface area contributed by atoms with Crippen LogP contribution in [0.3, 0.4) is 0 Å². The van der Waals surface area contributed by atoms with E-state index in [1.54, 1.807) is 31.1 Å². The number of allylic oxidation sites excluding steroid dienone is 1. The van der Waals surface area contributed by atoms with Crippen molar-refractivity contribution in [2.45, 2.75) is 52.4 Å². The summed E-state index contributed by atoms with van der Waals surface area (Å²) in [5, 5.41) is 16.9. The Kier molecular flexibility index (Phi) is 8.28. The van der Waals surface area contributed by atoms with Gasteiger partial charge >= 0.3 is 6.03 Å². The molecule has 3 aliphatic rings. The molecule has 43 heavy (non-hydrogen) atoms. The van der Waals surface area contributed by atoms with Crippen molar-refractivity contribution in [2.24, 2.45) is 16.8 Å². The third kappa shape index (κ3) is 6.80. The van der Waals surface area contributed by atoms with Crippen molar-refractivity contribution in [1.82, 2.24) is 20.0 Å². The van der Waals surface area contributed by atoms with E-state index in [0.29, 0.717) is 53.4 Å². The normalized spacial score (nSPS) is 18.3. The first kappa shape index (κ1) is 28.7. The minimum absolute atomic E-state index is 0.0318. The predicted molar refractivity (Wildman–Crippen MR) is 166 cm³/mol. The average molecular weight is 604 g/mol. The number of hydrogen-bond donors (Lipinski definition) is 4. The molecule has 3 amide bonds. The van der Waals surface area contributed by atoms with Crippen LogP contribution in [0.1, 0.15) is 49.1 Å². The molecule has 5 heterocycles. The van der Waals surface area contributed by atoms with Crippen LogP contribution in [-0.2, 0) is 11.2 Å². The van der Waals surface area contributed by atoms with E-state index in [1.807, 2.05) is 24.4 Å². The molecule has 0 spiro atoms. The van der Waals surface area contributed by atoms with Crippen molar-refractivity contribution in [1.29, 1.82) is 0 Å². The average Bonchev–Trinajstić information content (AvgIpc) is 3.31. The van der Waals surface area contributed by atoms with Gasteiger partial charge in [-0.25, -0.2) is 9.78 Å². The molecule has 13 heteroatoms. The molecule has 1 aromatic carbocycles. The van der Waals surface area contributed by atoms with Gasteiger partial charge in [-0.3, -0.25) is 9.79 Å². The summed E-state index contributed by atoms with van der Waals surface area (Å²) in [6.07, 6.45) is 9.64. The zero-order valence-corrected chi connectivity index (χ0v) is 24.9.